The van der Waals surface area contributed by atoms with Gasteiger partial charge in [0.2, 0.25) is 0 Å². The molecule has 84 valence electrons. The van der Waals surface area contributed by atoms with Gasteiger partial charge in [-0.15, -0.1) is 0 Å². The van der Waals surface area contributed by atoms with Crippen LogP contribution in [-0.2, 0) is 22.5 Å². The minimum Gasteiger partial charge on any atom is -0.469 e. The first-order valence-electron chi connectivity index (χ1n) is 4.91. The molecule has 0 spiro atoms. The van der Waals surface area contributed by atoms with Crippen molar-refractivity contribution in [1.82, 2.24) is 0 Å². The molecule has 0 unspecified atom stereocenters. The molecule has 4 heteroatoms. The molecule has 0 fully saturated rings. The minimum atomic E-state index is -0.329. The summed E-state index contributed by atoms with van der Waals surface area (Å²) < 4.78 is 4.60. The monoisotopic (exact) mass is 218 g/mol. The van der Waals surface area contributed by atoms with Crippen LogP contribution in [0.2, 0.25) is 0 Å². The molecule has 0 aliphatic heterocycles. The number of hydrogen-bond donors (Lipinski definition) is 1. The number of benzene rings is 1. The first kappa shape index (κ1) is 12.2. The smallest absolute Gasteiger partial charge is 0.309 e. The Morgan fingerprint density at radius 2 is 2.25 bits per heavy atom. The van der Waals surface area contributed by atoms with E-state index in [1.807, 2.05) is 6.92 Å². The summed E-state index contributed by atoms with van der Waals surface area (Å²) in [6.07, 6.45) is 0.152. The summed E-state index contributed by atoms with van der Waals surface area (Å²) in [4.78, 5) is 11.2. The number of nitriles is 1. The van der Waals surface area contributed by atoms with Crippen LogP contribution in [-0.4, -0.2) is 13.1 Å². The van der Waals surface area contributed by atoms with Gasteiger partial charge < -0.3 is 10.5 Å². The lowest BCUT2D eigenvalue weighted by atomic mass is 9.97. The Bertz CT molecular complexity index is 447. The fourth-order valence-electron chi connectivity index (χ4n) is 1.63. The van der Waals surface area contributed by atoms with Crippen molar-refractivity contribution in [3.8, 4) is 6.07 Å². The predicted octanol–water partition coefficient (Wildman–Crippen LogP) is 1.04. The highest BCUT2D eigenvalue weighted by atomic mass is 16.5. The van der Waals surface area contributed by atoms with E-state index in [9.17, 15) is 4.79 Å². The Morgan fingerprint density at radius 1 is 1.56 bits per heavy atom. The highest BCUT2D eigenvalue weighted by molar-refractivity contribution is 5.73. The zero-order valence-corrected chi connectivity index (χ0v) is 9.41. The molecule has 0 aromatic heterocycles. The fraction of sp³-hybridized carbons (Fsp3) is 0.333. The fourth-order valence-corrected chi connectivity index (χ4v) is 1.63. The first-order chi connectivity index (χ1) is 7.62. The summed E-state index contributed by atoms with van der Waals surface area (Å²) in [7, 11) is 1.34. The molecule has 0 atom stereocenters. The summed E-state index contributed by atoms with van der Waals surface area (Å²) in [5.41, 5.74) is 8.77. The molecule has 0 radical (unpaired) electrons. The average molecular weight is 218 g/mol. The van der Waals surface area contributed by atoms with E-state index in [0.29, 0.717) is 12.1 Å². The van der Waals surface area contributed by atoms with Gasteiger partial charge >= 0.3 is 5.97 Å². The molecule has 2 N–H and O–H groups in total. The number of hydrogen-bond acceptors (Lipinski definition) is 4. The summed E-state index contributed by atoms with van der Waals surface area (Å²) >= 11 is 0. The molecule has 0 aliphatic rings. The normalized spacial score (nSPS) is 9.62. The van der Waals surface area contributed by atoms with Gasteiger partial charge in [-0.1, -0.05) is 0 Å². The van der Waals surface area contributed by atoms with Crippen molar-refractivity contribution in [2.24, 2.45) is 5.73 Å². The third-order valence-corrected chi connectivity index (χ3v) is 2.46. The molecule has 1 rings (SSSR count). The average Bonchev–Trinajstić information content (AvgIpc) is 2.28. The van der Waals surface area contributed by atoms with Crippen LogP contribution in [0.3, 0.4) is 0 Å². The summed E-state index contributed by atoms with van der Waals surface area (Å²) in [6.45, 7) is 2.23. The van der Waals surface area contributed by atoms with E-state index in [1.165, 1.54) is 7.11 Å². The van der Waals surface area contributed by atoms with E-state index in [0.717, 1.165) is 16.7 Å². The van der Waals surface area contributed by atoms with Gasteiger partial charge in [-0.05, 0) is 35.7 Å². The van der Waals surface area contributed by atoms with Crippen LogP contribution in [0.25, 0.3) is 0 Å². The number of rotatable bonds is 3. The lowest BCUT2D eigenvalue weighted by Crippen LogP contribution is -2.11. The van der Waals surface area contributed by atoms with Crippen molar-refractivity contribution in [2.75, 3.05) is 7.11 Å². The molecule has 0 heterocycles. The van der Waals surface area contributed by atoms with Gasteiger partial charge in [0.25, 0.3) is 0 Å². The third kappa shape index (κ3) is 2.59. The lowest BCUT2D eigenvalue weighted by molar-refractivity contribution is -0.139. The van der Waals surface area contributed by atoms with Crippen molar-refractivity contribution >= 4 is 5.97 Å². The summed E-state index contributed by atoms with van der Waals surface area (Å²) in [6, 6.07) is 5.51. The van der Waals surface area contributed by atoms with Crippen LogP contribution in [0, 0.1) is 18.3 Å². The molecule has 0 bridgehead atoms. The molecular formula is C12H14N2O2. The highest BCUT2D eigenvalue weighted by Crippen LogP contribution is 2.17. The van der Waals surface area contributed by atoms with Crippen LogP contribution in [0.4, 0.5) is 0 Å². The standard InChI is InChI=1S/C12H14N2O2/c1-8-3-9(6-13)4-10(11(8)7-14)5-12(15)16-2/h3-4H,5,7,14H2,1-2H3. The maximum atomic E-state index is 11.2. The summed E-state index contributed by atoms with van der Waals surface area (Å²) in [5, 5.41) is 8.84. The Kier molecular flexibility index (Phi) is 4.03. The SMILES string of the molecule is COC(=O)Cc1cc(C#N)cc(C)c1CN. The van der Waals surface area contributed by atoms with E-state index in [1.54, 1.807) is 12.1 Å². The van der Waals surface area contributed by atoms with Crippen molar-refractivity contribution < 1.29 is 9.53 Å². The number of nitrogens with two attached hydrogens (primary N) is 1. The first-order valence-corrected chi connectivity index (χ1v) is 4.91. The van der Waals surface area contributed by atoms with Crippen molar-refractivity contribution in [1.29, 1.82) is 5.26 Å². The Hall–Kier alpha value is -1.86. The van der Waals surface area contributed by atoms with E-state index >= 15 is 0 Å². The third-order valence-electron chi connectivity index (χ3n) is 2.46. The van der Waals surface area contributed by atoms with Crippen LogP contribution in [0.1, 0.15) is 22.3 Å². The number of carbonyl (C=O) groups is 1. The maximum absolute atomic E-state index is 11.2. The van der Waals surface area contributed by atoms with Crippen molar-refractivity contribution in [3.63, 3.8) is 0 Å². The Labute approximate surface area is 94.6 Å². The van der Waals surface area contributed by atoms with Crippen molar-refractivity contribution in [3.05, 3.63) is 34.4 Å². The van der Waals surface area contributed by atoms with Gasteiger partial charge in [-0.3, -0.25) is 4.79 Å². The number of nitrogens with zero attached hydrogens (tertiary/aromatic N) is 1. The molecule has 0 saturated heterocycles. The van der Waals surface area contributed by atoms with E-state index in [-0.39, 0.29) is 12.4 Å². The molecular weight excluding hydrogens is 204 g/mol. The second-order valence-corrected chi connectivity index (χ2v) is 3.50. The number of methoxy groups -OCH3 is 1. The van der Waals surface area contributed by atoms with Crippen LogP contribution in [0.15, 0.2) is 12.1 Å². The van der Waals surface area contributed by atoms with Gasteiger partial charge in [0.05, 0.1) is 25.2 Å². The van der Waals surface area contributed by atoms with E-state index in [4.69, 9.17) is 11.0 Å². The molecule has 1 aromatic rings. The Morgan fingerprint density at radius 3 is 2.75 bits per heavy atom. The lowest BCUT2D eigenvalue weighted by Gasteiger charge is -2.10. The zero-order chi connectivity index (χ0) is 12.1. The minimum absolute atomic E-state index is 0.152. The molecule has 1 aromatic carbocycles. The number of esters is 1. The van der Waals surface area contributed by atoms with Crippen molar-refractivity contribution in [2.45, 2.75) is 19.9 Å². The molecule has 4 nitrogen and oxygen atoms in total. The largest absolute Gasteiger partial charge is 0.469 e. The number of aryl methyl sites for hydroxylation is 1. The molecule has 16 heavy (non-hydrogen) atoms. The second kappa shape index (κ2) is 5.29. The van der Waals surface area contributed by atoms with Crippen LogP contribution in [0.5, 0.6) is 0 Å². The molecule has 0 aliphatic carbocycles. The van der Waals surface area contributed by atoms with Gasteiger partial charge in [0, 0.05) is 6.54 Å². The highest BCUT2D eigenvalue weighted by Gasteiger charge is 2.11. The van der Waals surface area contributed by atoms with Crippen LogP contribution >= 0.6 is 0 Å². The second-order valence-electron chi connectivity index (χ2n) is 3.50. The molecule has 0 amide bonds. The predicted molar refractivity (Wildman–Crippen MR) is 59.5 cm³/mol. The maximum Gasteiger partial charge on any atom is 0.309 e. The van der Waals surface area contributed by atoms with Gasteiger partial charge in [0.15, 0.2) is 0 Å². The van der Waals surface area contributed by atoms with E-state index in [2.05, 4.69) is 10.8 Å². The topological polar surface area (TPSA) is 76.1 Å². The van der Waals surface area contributed by atoms with Gasteiger partial charge in [-0.2, -0.15) is 5.26 Å². The number of carbonyl (C=O) groups excluding carboxylic acids is 1. The zero-order valence-electron chi connectivity index (χ0n) is 9.41. The Balaban J connectivity index is 3.19. The summed E-state index contributed by atoms with van der Waals surface area (Å²) in [5.74, 6) is -0.329. The quantitative estimate of drug-likeness (QED) is 0.769. The van der Waals surface area contributed by atoms with Gasteiger partial charge in [0.1, 0.15) is 0 Å². The van der Waals surface area contributed by atoms with E-state index < -0.39 is 0 Å². The molecule has 0 saturated carbocycles. The van der Waals surface area contributed by atoms with Gasteiger partial charge in [-0.25, -0.2) is 0 Å². The van der Waals surface area contributed by atoms with Crippen LogP contribution < -0.4 is 5.73 Å². The number of ether oxygens (including phenoxy) is 1.